The number of nitro groups is 1. The zero-order valence-corrected chi connectivity index (χ0v) is 10.5. The second-order valence-corrected chi connectivity index (χ2v) is 4.31. The topological polar surface area (TPSA) is 78.4 Å². The summed E-state index contributed by atoms with van der Waals surface area (Å²) < 4.78 is 4.94. The van der Waals surface area contributed by atoms with E-state index in [9.17, 15) is 10.1 Å². The number of rotatable bonds is 5. The fourth-order valence-corrected chi connectivity index (χ4v) is 1.88. The van der Waals surface area contributed by atoms with Gasteiger partial charge in [0, 0.05) is 19.2 Å². The number of ether oxygens (including phenoxy) is 1. The first-order chi connectivity index (χ1) is 7.95. The lowest BCUT2D eigenvalue weighted by Gasteiger charge is -2.12. The van der Waals surface area contributed by atoms with E-state index in [4.69, 9.17) is 22.1 Å². The number of nitrogens with two attached hydrogens (primary N) is 1. The lowest BCUT2D eigenvalue weighted by Crippen LogP contribution is -2.28. The Labute approximate surface area is 105 Å². The van der Waals surface area contributed by atoms with Gasteiger partial charge in [-0.3, -0.25) is 10.1 Å². The molecule has 1 atom stereocenters. The molecule has 17 heavy (non-hydrogen) atoms. The van der Waals surface area contributed by atoms with Crippen LogP contribution in [0.4, 0.5) is 5.69 Å². The van der Waals surface area contributed by atoms with Gasteiger partial charge in [0.25, 0.3) is 5.69 Å². The van der Waals surface area contributed by atoms with Gasteiger partial charge in [-0.25, -0.2) is 0 Å². The van der Waals surface area contributed by atoms with Crippen LogP contribution in [0.5, 0.6) is 0 Å². The van der Waals surface area contributed by atoms with Crippen LogP contribution in [0.25, 0.3) is 0 Å². The van der Waals surface area contributed by atoms with E-state index in [1.54, 1.807) is 20.1 Å². The molecular formula is C11H15ClN2O3. The highest BCUT2D eigenvalue weighted by atomic mass is 35.5. The van der Waals surface area contributed by atoms with Gasteiger partial charge in [0.2, 0.25) is 0 Å². The minimum absolute atomic E-state index is 0.0757. The molecule has 0 amide bonds. The van der Waals surface area contributed by atoms with Crippen molar-refractivity contribution < 1.29 is 9.66 Å². The first-order valence-electron chi connectivity index (χ1n) is 5.13. The molecule has 1 aromatic rings. The summed E-state index contributed by atoms with van der Waals surface area (Å²) in [5, 5.41) is 10.8. The molecule has 0 saturated heterocycles. The smallest absolute Gasteiger partial charge is 0.288 e. The molecule has 2 N–H and O–H groups in total. The fourth-order valence-electron chi connectivity index (χ4n) is 1.62. The van der Waals surface area contributed by atoms with Crippen LogP contribution in [0.3, 0.4) is 0 Å². The summed E-state index contributed by atoms with van der Waals surface area (Å²) in [6, 6.07) is 2.93. The van der Waals surface area contributed by atoms with Crippen LogP contribution in [0.1, 0.15) is 11.1 Å². The number of benzene rings is 1. The largest absolute Gasteiger partial charge is 0.383 e. The number of aryl methyl sites for hydroxylation is 1. The highest BCUT2D eigenvalue weighted by Gasteiger charge is 2.16. The first kappa shape index (κ1) is 13.9. The molecule has 0 spiro atoms. The number of halogens is 1. The van der Waals surface area contributed by atoms with Crippen molar-refractivity contribution in [2.45, 2.75) is 19.4 Å². The van der Waals surface area contributed by atoms with Crippen molar-refractivity contribution in [3.8, 4) is 0 Å². The Kier molecular flexibility index (Phi) is 4.86. The van der Waals surface area contributed by atoms with Crippen LogP contribution in [-0.2, 0) is 11.2 Å². The quantitative estimate of drug-likeness (QED) is 0.648. The number of methoxy groups -OCH3 is 1. The standard InChI is InChI=1S/C11H15ClN2O3/c1-7-3-11(14(15)16)10(12)5-8(7)4-9(13)6-17-2/h3,5,9H,4,6,13H2,1-2H3. The van der Waals surface area contributed by atoms with Crippen LogP contribution in [-0.4, -0.2) is 24.7 Å². The molecule has 0 saturated carbocycles. The summed E-state index contributed by atoms with van der Waals surface area (Å²) in [4.78, 5) is 10.2. The molecule has 0 aliphatic carbocycles. The monoisotopic (exact) mass is 258 g/mol. The van der Waals surface area contributed by atoms with Gasteiger partial charge < -0.3 is 10.5 Å². The fraction of sp³-hybridized carbons (Fsp3) is 0.455. The Bertz CT molecular complexity index is 423. The van der Waals surface area contributed by atoms with Crippen molar-refractivity contribution in [1.82, 2.24) is 0 Å². The molecule has 0 aliphatic rings. The molecule has 6 heteroatoms. The van der Waals surface area contributed by atoms with Crippen molar-refractivity contribution in [2.75, 3.05) is 13.7 Å². The van der Waals surface area contributed by atoms with Gasteiger partial charge >= 0.3 is 0 Å². The number of nitrogens with zero attached hydrogens (tertiary/aromatic N) is 1. The zero-order valence-electron chi connectivity index (χ0n) is 9.77. The lowest BCUT2D eigenvalue weighted by atomic mass is 10.0. The maximum atomic E-state index is 10.7. The van der Waals surface area contributed by atoms with E-state index < -0.39 is 4.92 Å². The molecule has 5 nitrogen and oxygen atoms in total. The van der Waals surface area contributed by atoms with Crippen molar-refractivity contribution >= 4 is 17.3 Å². The SMILES string of the molecule is COCC(N)Cc1cc(Cl)c([N+](=O)[O-])cc1C. The van der Waals surface area contributed by atoms with Gasteiger partial charge in [0.15, 0.2) is 0 Å². The van der Waals surface area contributed by atoms with E-state index >= 15 is 0 Å². The maximum Gasteiger partial charge on any atom is 0.288 e. The molecule has 0 aromatic heterocycles. The lowest BCUT2D eigenvalue weighted by molar-refractivity contribution is -0.384. The van der Waals surface area contributed by atoms with Crippen LogP contribution in [0.2, 0.25) is 5.02 Å². The minimum Gasteiger partial charge on any atom is -0.383 e. The minimum atomic E-state index is -0.492. The molecule has 94 valence electrons. The molecule has 0 radical (unpaired) electrons. The van der Waals surface area contributed by atoms with Crippen molar-refractivity contribution in [2.24, 2.45) is 5.73 Å². The van der Waals surface area contributed by atoms with Gasteiger partial charge in [-0.15, -0.1) is 0 Å². The van der Waals surface area contributed by atoms with E-state index in [-0.39, 0.29) is 16.8 Å². The third-order valence-corrected chi connectivity index (χ3v) is 2.77. The molecule has 0 fully saturated rings. The second kappa shape index (κ2) is 5.95. The number of hydrogen-bond acceptors (Lipinski definition) is 4. The molecular weight excluding hydrogens is 244 g/mol. The molecule has 0 bridgehead atoms. The van der Waals surface area contributed by atoms with E-state index in [1.807, 2.05) is 0 Å². The Morgan fingerprint density at radius 1 is 1.59 bits per heavy atom. The summed E-state index contributed by atoms with van der Waals surface area (Å²) >= 11 is 5.84. The Morgan fingerprint density at radius 2 is 2.24 bits per heavy atom. The van der Waals surface area contributed by atoms with E-state index in [2.05, 4.69) is 0 Å². The number of nitro benzene ring substituents is 1. The van der Waals surface area contributed by atoms with Gasteiger partial charge in [0.05, 0.1) is 11.5 Å². The number of hydrogen-bond donors (Lipinski definition) is 1. The third-order valence-electron chi connectivity index (χ3n) is 2.46. The molecule has 0 heterocycles. The summed E-state index contributed by atoms with van der Waals surface area (Å²) in [5.74, 6) is 0. The van der Waals surface area contributed by atoms with E-state index in [1.165, 1.54) is 6.07 Å². The zero-order chi connectivity index (χ0) is 13.0. The Morgan fingerprint density at radius 3 is 2.76 bits per heavy atom. The Balaban J connectivity index is 2.95. The Hall–Kier alpha value is -1.17. The van der Waals surface area contributed by atoms with Gasteiger partial charge in [-0.2, -0.15) is 0 Å². The van der Waals surface area contributed by atoms with E-state index in [0.717, 1.165) is 11.1 Å². The summed E-state index contributed by atoms with van der Waals surface area (Å²) in [6.45, 7) is 2.24. The predicted octanol–water partition coefficient (Wildman–Crippen LogP) is 2.07. The van der Waals surface area contributed by atoms with Crippen LogP contribution < -0.4 is 5.73 Å². The predicted molar refractivity (Wildman–Crippen MR) is 66.4 cm³/mol. The highest BCUT2D eigenvalue weighted by molar-refractivity contribution is 6.32. The molecule has 0 aliphatic heterocycles. The molecule has 1 unspecified atom stereocenters. The highest BCUT2D eigenvalue weighted by Crippen LogP contribution is 2.28. The summed E-state index contributed by atoms with van der Waals surface area (Å²) in [6.07, 6.45) is 0.581. The summed E-state index contributed by atoms with van der Waals surface area (Å²) in [5.41, 5.74) is 7.48. The maximum absolute atomic E-state index is 10.7. The average Bonchev–Trinajstić information content (AvgIpc) is 2.22. The summed E-state index contributed by atoms with van der Waals surface area (Å²) in [7, 11) is 1.58. The van der Waals surface area contributed by atoms with Crippen LogP contribution >= 0.6 is 11.6 Å². The van der Waals surface area contributed by atoms with Gasteiger partial charge in [-0.05, 0) is 30.5 Å². The van der Waals surface area contributed by atoms with Crippen molar-refractivity contribution in [3.05, 3.63) is 38.4 Å². The van der Waals surface area contributed by atoms with Gasteiger partial charge in [-0.1, -0.05) is 11.6 Å². The van der Waals surface area contributed by atoms with Crippen LogP contribution in [0.15, 0.2) is 12.1 Å². The normalized spacial score (nSPS) is 12.5. The first-order valence-corrected chi connectivity index (χ1v) is 5.51. The molecule has 1 rings (SSSR count). The van der Waals surface area contributed by atoms with Crippen molar-refractivity contribution in [3.63, 3.8) is 0 Å². The average molecular weight is 259 g/mol. The second-order valence-electron chi connectivity index (χ2n) is 3.91. The van der Waals surface area contributed by atoms with Gasteiger partial charge in [0.1, 0.15) is 5.02 Å². The van der Waals surface area contributed by atoms with Crippen molar-refractivity contribution in [1.29, 1.82) is 0 Å². The van der Waals surface area contributed by atoms with E-state index in [0.29, 0.717) is 13.0 Å². The third kappa shape index (κ3) is 3.66. The van der Waals surface area contributed by atoms with Crippen LogP contribution in [0, 0.1) is 17.0 Å². The molecule has 1 aromatic carbocycles.